The van der Waals surface area contributed by atoms with E-state index in [-0.39, 0.29) is 37.0 Å². The molecule has 1 aliphatic heterocycles. The second kappa shape index (κ2) is 8.10. The number of para-hydroxylation sites is 2. The summed E-state index contributed by atoms with van der Waals surface area (Å²) in [5, 5.41) is 3.98. The summed E-state index contributed by atoms with van der Waals surface area (Å²) in [6, 6.07) is 15.4. The number of rotatable bonds is 5. The third-order valence-corrected chi connectivity index (χ3v) is 5.45. The Hall–Kier alpha value is -3.48. The van der Waals surface area contributed by atoms with Gasteiger partial charge >= 0.3 is 0 Å². The number of amides is 2. The highest BCUT2D eigenvalue weighted by molar-refractivity contribution is 6.04. The standard InChI is InChI=1S/C23H22FN3O3/c1-15-19(16(2)30-25-15)14-26(18-8-4-3-5-9-18)23(29)17-12-22(28)27(13-17)21-11-7-6-10-20(21)24/h3-11,17H,12-14H2,1-2H3/t17-/m1/s1. The third-order valence-electron chi connectivity index (χ3n) is 5.45. The Morgan fingerprint density at radius 3 is 2.53 bits per heavy atom. The van der Waals surface area contributed by atoms with Crippen LogP contribution in [0.5, 0.6) is 0 Å². The van der Waals surface area contributed by atoms with Crippen LogP contribution in [0.4, 0.5) is 15.8 Å². The summed E-state index contributed by atoms with van der Waals surface area (Å²) in [4.78, 5) is 29.1. The van der Waals surface area contributed by atoms with Crippen LogP contribution in [0.2, 0.25) is 0 Å². The summed E-state index contributed by atoms with van der Waals surface area (Å²) in [7, 11) is 0. The molecule has 1 aliphatic rings. The Balaban J connectivity index is 1.62. The maximum atomic E-state index is 14.2. The molecular weight excluding hydrogens is 385 g/mol. The molecule has 1 aromatic heterocycles. The normalized spacial score (nSPS) is 16.2. The fraction of sp³-hybridized carbons (Fsp3) is 0.261. The van der Waals surface area contributed by atoms with E-state index in [1.54, 1.807) is 23.1 Å². The minimum Gasteiger partial charge on any atom is -0.361 e. The molecule has 2 heterocycles. The van der Waals surface area contributed by atoms with Gasteiger partial charge in [-0.3, -0.25) is 9.59 Å². The number of aryl methyl sites for hydroxylation is 2. The van der Waals surface area contributed by atoms with Crippen LogP contribution in [-0.4, -0.2) is 23.5 Å². The molecule has 1 fully saturated rings. The molecule has 7 heteroatoms. The summed E-state index contributed by atoms with van der Waals surface area (Å²) < 4.78 is 19.5. The summed E-state index contributed by atoms with van der Waals surface area (Å²) >= 11 is 0. The largest absolute Gasteiger partial charge is 0.361 e. The molecule has 0 saturated carbocycles. The van der Waals surface area contributed by atoms with Gasteiger partial charge in [0.25, 0.3) is 0 Å². The number of carbonyl (C=O) groups is 2. The highest BCUT2D eigenvalue weighted by Crippen LogP contribution is 2.30. The van der Waals surface area contributed by atoms with Crippen LogP contribution in [0.1, 0.15) is 23.4 Å². The van der Waals surface area contributed by atoms with E-state index in [1.807, 2.05) is 44.2 Å². The lowest BCUT2D eigenvalue weighted by molar-refractivity contribution is -0.124. The monoisotopic (exact) mass is 407 g/mol. The molecule has 0 unspecified atom stereocenters. The van der Waals surface area contributed by atoms with Crippen molar-refractivity contribution in [1.29, 1.82) is 0 Å². The van der Waals surface area contributed by atoms with Crippen molar-refractivity contribution in [3.05, 3.63) is 77.4 Å². The van der Waals surface area contributed by atoms with Crippen LogP contribution in [0, 0.1) is 25.6 Å². The first-order valence-corrected chi connectivity index (χ1v) is 9.78. The first-order valence-electron chi connectivity index (χ1n) is 9.78. The zero-order valence-electron chi connectivity index (χ0n) is 16.8. The quantitative estimate of drug-likeness (QED) is 0.641. The Bertz CT molecular complexity index is 1060. The second-order valence-electron chi connectivity index (χ2n) is 7.42. The van der Waals surface area contributed by atoms with Crippen molar-refractivity contribution in [2.24, 2.45) is 5.92 Å². The molecule has 1 atom stereocenters. The minimum absolute atomic E-state index is 0.0398. The molecule has 30 heavy (non-hydrogen) atoms. The smallest absolute Gasteiger partial charge is 0.232 e. The number of hydrogen-bond donors (Lipinski definition) is 0. The van der Waals surface area contributed by atoms with Gasteiger partial charge in [0.2, 0.25) is 11.8 Å². The molecule has 0 aliphatic carbocycles. The molecule has 0 bridgehead atoms. The van der Waals surface area contributed by atoms with E-state index in [9.17, 15) is 14.0 Å². The molecule has 0 radical (unpaired) electrons. The van der Waals surface area contributed by atoms with Crippen LogP contribution >= 0.6 is 0 Å². The number of nitrogens with zero attached hydrogens (tertiary/aromatic N) is 3. The third kappa shape index (κ3) is 3.70. The molecule has 2 amide bonds. The van der Waals surface area contributed by atoms with Crippen molar-refractivity contribution in [2.45, 2.75) is 26.8 Å². The van der Waals surface area contributed by atoms with Gasteiger partial charge in [0.15, 0.2) is 0 Å². The lowest BCUT2D eigenvalue weighted by atomic mass is 10.1. The summed E-state index contributed by atoms with van der Waals surface area (Å²) in [5.41, 5.74) is 2.48. The lowest BCUT2D eigenvalue weighted by Crippen LogP contribution is -2.37. The van der Waals surface area contributed by atoms with Crippen molar-refractivity contribution >= 4 is 23.2 Å². The van der Waals surface area contributed by atoms with Crippen molar-refractivity contribution in [2.75, 3.05) is 16.3 Å². The first kappa shape index (κ1) is 19.8. The predicted octanol–water partition coefficient (Wildman–Crippen LogP) is 4.02. The van der Waals surface area contributed by atoms with Gasteiger partial charge in [-0.2, -0.15) is 0 Å². The number of hydrogen-bond acceptors (Lipinski definition) is 4. The summed E-state index contributed by atoms with van der Waals surface area (Å²) in [6.07, 6.45) is 0.0398. The average molecular weight is 407 g/mol. The van der Waals surface area contributed by atoms with Gasteiger partial charge in [-0.1, -0.05) is 35.5 Å². The molecule has 154 valence electrons. The lowest BCUT2D eigenvalue weighted by Gasteiger charge is -2.26. The zero-order chi connectivity index (χ0) is 21.3. The number of benzene rings is 2. The molecule has 2 aromatic carbocycles. The topological polar surface area (TPSA) is 66.7 Å². The number of anilines is 2. The highest BCUT2D eigenvalue weighted by Gasteiger charge is 2.38. The van der Waals surface area contributed by atoms with Crippen molar-refractivity contribution in [3.63, 3.8) is 0 Å². The van der Waals surface area contributed by atoms with Crippen LogP contribution in [0.15, 0.2) is 59.1 Å². The Morgan fingerprint density at radius 2 is 1.87 bits per heavy atom. The maximum Gasteiger partial charge on any atom is 0.232 e. The number of halogens is 1. The molecule has 3 aromatic rings. The fourth-order valence-electron chi connectivity index (χ4n) is 3.79. The van der Waals surface area contributed by atoms with E-state index in [0.717, 1.165) is 16.9 Å². The van der Waals surface area contributed by atoms with E-state index >= 15 is 0 Å². The molecule has 6 nitrogen and oxygen atoms in total. The summed E-state index contributed by atoms with van der Waals surface area (Å²) in [5.74, 6) is -0.846. The van der Waals surface area contributed by atoms with Gasteiger partial charge in [-0.15, -0.1) is 0 Å². The maximum absolute atomic E-state index is 14.2. The Kier molecular flexibility index (Phi) is 5.35. The van der Waals surface area contributed by atoms with Crippen LogP contribution in [0.3, 0.4) is 0 Å². The van der Waals surface area contributed by atoms with E-state index in [4.69, 9.17) is 4.52 Å². The number of aromatic nitrogens is 1. The van der Waals surface area contributed by atoms with Gasteiger partial charge in [0.05, 0.1) is 23.8 Å². The molecular formula is C23H22FN3O3. The van der Waals surface area contributed by atoms with E-state index in [1.165, 1.54) is 11.0 Å². The van der Waals surface area contributed by atoms with E-state index < -0.39 is 11.7 Å². The van der Waals surface area contributed by atoms with Gasteiger partial charge in [0.1, 0.15) is 11.6 Å². The van der Waals surface area contributed by atoms with Gasteiger partial charge in [-0.05, 0) is 38.1 Å². The molecule has 0 N–H and O–H groups in total. The van der Waals surface area contributed by atoms with Gasteiger partial charge < -0.3 is 14.3 Å². The second-order valence-corrected chi connectivity index (χ2v) is 7.42. The Morgan fingerprint density at radius 1 is 1.17 bits per heavy atom. The predicted molar refractivity (Wildman–Crippen MR) is 110 cm³/mol. The van der Waals surface area contributed by atoms with E-state index in [0.29, 0.717) is 5.76 Å². The SMILES string of the molecule is Cc1noc(C)c1CN(C(=O)[C@@H]1CC(=O)N(c2ccccc2F)C1)c1ccccc1. The first-order chi connectivity index (χ1) is 14.5. The van der Waals surface area contributed by atoms with Crippen molar-refractivity contribution < 1.29 is 18.5 Å². The molecule has 0 spiro atoms. The van der Waals surface area contributed by atoms with Crippen LogP contribution in [0.25, 0.3) is 0 Å². The van der Waals surface area contributed by atoms with Crippen molar-refractivity contribution in [1.82, 2.24) is 5.16 Å². The van der Waals surface area contributed by atoms with Crippen molar-refractivity contribution in [3.8, 4) is 0 Å². The molecule has 4 rings (SSSR count). The zero-order valence-corrected chi connectivity index (χ0v) is 16.8. The Labute approximate surface area is 173 Å². The number of carbonyl (C=O) groups excluding carboxylic acids is 2. The fourth-order valence-corrected chi connectivity index (χ4v) is 3.79. The van der Waals surface area contributed by atoms with Gasteiger partial charge in [0, 0.05) is 24.2 Å². The highest BCUT2D eigenvalue weighted by atomic mass is 19.1. The van der Waals surface area contributed by atoms with Crippen LogP contribution < -0.4 is 9.80 Å². The average Bonchev–Trinajstić information content (AvgIpc) is 3.29. The van der Waals surface area contributed by atoms with Gasteiger partial charge in [-0.25, -0.2) is 4.39 Å². The summed E-state index contributed by atoms with van der Waals surface area (Å²) in [6.45, 7) is 4.07. The molecule has 1 saturated heterocycles. The van der Waals surface area contributed by atoms with Crippen LogP contribution in [-0.2, 0) is 16.1 Å². The minimum atomic E-state index is -0.571. The van der Waals surface area contributed by atoms with E-state index in [2.05, 4.69) is 5.16 Å².